The van der Waals surface area contributed by atoms with Crippen molar-refractivity contribution in [3.05, 3.63) is 40.8 Å². The van der Waals surface area contributed by atoms with E-state index in [-0.39, 0.29) is 5.92 Å². The van der Waals surface area contributed by atoms with Crippen molar-refractivity contribution in [3.63, 3.8) is 0 Å². The zero-order chi connectivity index (χ0) is 14.9. The first-order chi connectivity index (χ1) is 10.1. The normalized spacial score (nSPS) is 25.0. The summed E-state index contributed by atoms with van der Waals surface area (Å²) >= 11 is 7.58. The van der Waals surface area contributed by atoms with E-state index in [0.717, 1.165) is 24.3 Å². The monoisotopic (exact) mass is 343 g/mol. The van der Waals surface area contributed by atoms with E-state index in [1.165, 1.54) is 11.3 Å². The first-order valence-corrected chi connectivity index (χ1v) is 9.84. The maximum absolute atomic E-state index is 12.5. The molecule has 0 N–H and O–H groups in total. The van der Waals surface area contributed by atoms with Gasteiger partial charge in [0.25, 0.3) is 10.0 Å². The first kappa shape index (κ1) is 15.3. The third kappa shape index (κ3) is 3.11. The van der Waals surface area contributed by atoms with Crippen molar-refractivity contribution in [1.82, 2.24) is 4.31 Å². The van der Waals surface area contributed by atoms with Crippen molar-refractivity contribution in [2.24, 2.45) is 11.8 Å². The van der Waals surface area contributed by atoms with Crippen molar-refractivity contribution < 1.29 is 8.42 Å². The van der Waals surface area contributed by atoms with E-state index in [4.69, 9.17) is 11.6 Å². The summed E-state index contributed by atoms with van der Waals surface area (Å²) in [4.78, 5) is 0. The minimum atomic E-state index is -3.30. The van der Waals surface area contributed by atoms with Gasteiger partial charge in [0, 0.05) is 24.0 Å². The number of sulfonamides is 1. The van der Waals surface area contributed by atoms with E-state index in [9.17, 15) is 8.42 Å². The second-order valence-electron chi connectivity index (χ2n) is 5.45. The molecule has 0 aromatic carbocycles. The highest BCUT2D eigenvalue weighted by Crippen LogP contribution is 2.36. The Morgan fingerprint density at radius 3 is 2.67 bits per heavy atom. The van der Waals surface area contributed by atoms with Gasteiger partial charge in [-0.2, -0.15) is 4.31 Å². The molecular weight excluding hydrogens is 326 g/mol. The molecule has 3 nitrogen and oxygen atoms in total. The van der Waals surface area contributed by atoms with Crippen LogP contribution in [-0.2, 0) is 10.0 Å². The highest BCUT2D eigenvalue weighted by atomic mass is 35.5. The van der Waals surface area contributed by atoms with Gasteiger partial charge in [0.1, 0.15) is 4.21 Å². The Kier molecular flexibility index (Phi) is 4.54. The SMILES string of the molecule is O=S(=O)(c1cccs1)N1CCC(C2C=CCC=C2Cl)CC1. The van der Waals surface area contributed by atoms with Crippen LogP contribution in [0.5, 0.6) is 0 Å². The van der Waals surface area contributed by atoms with Gasteiger partial charge < -0.3 is 0 Å². The number of hydrogen-bond donors (Lipinski definition) is 0. The van der Waals surface area contributed by atoms with Gasteiger partial charge in [-0.05, 0) is 36.6 Å². The highest BCUT2D eigenvalue weighted by molar-refractivity contribution is 7.91. The molecule has 2 heterocycles. The van der Waals surface area contributed by atoms with Crippen LogP contribution in [-0.4, -0.2) is 25.8 Å². The third-order valence-electron chi connectivity index (χ3n) is 4.21. The molecule has 6 heteroatoms. The summed E-state index contributed by atoms with van der Waals surface area (Å²) in [5.74, 6) is 0.715. The molecule has 0 amide bonds. The average molecular weight is 344 g/mol. The molecule has 1 aromatic rings. The molecule has 0 bridgehead atoms. The predicted octanol–water partition coefficient (Wildman–Crippen LogP) is 3.85. The molecule has 2 aliphatic rings. The van der Waals surface area contributed by atoms with Crippen LogP contribution in [0.25, 0.3) is 0 Å². The maximum atomic E-state index is 12.5. The van der Waals surface area contributed by atoms with Crippen molar-refractivity contribution >= 4 is 33.0 Å². The third-order valence-corrected chi connectivity index (χ3v) is 7.88. The van der Waals surface area contributed by atoms with Crippen LogP contribution in [0.3, 0.4) is 0 Å². The molecule has 0 saturated carbocycles. The van der Waals surface area contributed by atoms with Crippen molar-refractivity contribution in [2.45, 2.75) is 23.5 Å². The number of rotatable bonds is 3. The van der Waals surface area contributed by atoms with Crippen LogP contribution in [0, 0.1) is 11.8 Å². The molecule has 1 atom stereocenters. The molecule has 1 aliphatic heterocycles. The second-order valence-corrected chi connectivity index (χ2v) is 9.00. The average Bonchev–Trinajstić information content (AvgIpc) is 3.03. The van der Waals surface area contributed by atoms with E-state index in [1.807, 2.05) is 0 Å². The van der Waals surface area contributed by atoms with E-state index >= 15 is 0 Å². The van der Waals surface area contributed by atoms with E-state index in [2.05, 4.69) is 18.2 Å². The van der Waals surface area contributed by atoms with E-state index in [0.29, 0.717) is 23.2 Å². The Morgan fingerprint density at radius 1 is 1.29 bits per heavy atom. The van der Waals surface area contributed by atoms with Crippen LogP contribution in [0.1, 0.15) is 19.3 Å². The van der Waals surface area contributed by atoms with Crippen LogP contribution < -0.4 is 0 Å². The summed E-state index contributed by atoms with van der Waals surface area (Å²) in [5, 5.41) is 2.72. The Bertz CT molecular complexity index is 641. The molecule has 1 saturated heterocycles. The van der Waals surface area contributed by atoms with Gasteiger partial charge in [-0.1, -0.05) is 35.9 Å². The Morgan fingerprint density at radius 2 is 2.05 bits per heavy atom. The van der Waals surface area contributed by atoms with Crippen LogP contribution in [0.15, 0.2) is 45.0 Å². The predicted molar refractivity (Wildman–Crippen MR) is 87.0 cm³/mol. The Balaban J connectivity index is 1.67. The first-order valence-electron chi connectivity index (χ1n) is 7.15. The number of hydrogen-bond acceptors (Lipinski definition) is 3. The van der Waals surface area contributed by atoms with Gasteiger partial charge in [0.2, 0.25) is 0 Å². The van der Waals surface area contributed by atoms with Gasteiger partial charge in [0.15, 0.2) is 0 Å². The largest absolute Gasteiger partial charge is 0.252 e. The molecule has 0 spiro atoms. The molecular formula is C15H18ClNO2S2. The molecule has 1 unspecified atom stereocenters. The molecule has 21 heavy (non-hydrogen) atoms. The minimum Gasteiger partial charge on any atom is -0.206 e. The summed E-state index contributed by atoms with van der Waals surface area (Å²) in [7, 11) is -3.30. The lowest BCUT2D eigenvalue weighted by Gasteiger charge is -2.34. The fraction of sp³-hybridized carbons (Fsp3) is 0.467. The highest BCUT2D eigenvalue weighted by Gasteiger charge is 2.33. The lowest BCUT2D eigenvalue weighted by Crippen LogP contribution is -2.39. The Labute approximate surface area is 135 Å². The summed E-state index contributed by atoms with van der Waals surface area (Å²) in [5.41, 5.74) is 0. The number of allylic oxidation sites excluding steroid dienone is 4. The number of halogens is 1. The van der Waals surface area contributed by atoms with Crippen LogP contribution in [0.4, 0.5) is 0 Å². The molecule has 114 valence electrons. The van der Waals surface area contributed by atoms with E-state index in [1.54, 1.807) is 21.8 Å². The minimum absolute atomic E-state index is 0.270. The zero-order valence-corrected chi connectivity index (χ0v) is 14.0. The van der Waals surface area contributed by atoms with Crippen molar-refractivity contribution in [2.75, 3.05) is 13.1 Å². The number of piperidine rings is 1. The van der Waals surface area contributed by atoms with Crippen LogP contribution in [0.2, 0.25) is 0 Å². The van der Waals surface area contributed by atoms with Gasteiger partial charge >= 0.3 is 0 Å². The Hall–Kier alpha value is -0.620. The van der Waals surface area contributed by atoms with Gasteiger partial charge in [-0.15, -0.1) is 11.3 Å². The van der Waals surface area contributed by atoms with E-state index < -0.39 is 10.0 Å². The summed E-state index contributed by atoms with van der Waals surface area (Å²) < 4.78 is 27.0. The maximum Gasteiger partial charge on any atom is 0.252 e. The smallest absolute Gasteiger partial charge is 0.206 e. The molecule has 3 rings (SSSR count). The molecule has 0 radical (unpaired) electrons. The fourth-order valence-corrected chi connectivity index (χ4v) is 5.98. The van der Waals surface area contributed by atoms with Gasteiger partial charge in [0.05, 0.1) is 0 Å². The van der Waals surface area contributed by atoms with Crippen molar-refractivity contribution in [3.8, 4) is 0 Å². The fourth-order valence-electron chi connectivity index (χ4n) is 3.03. The second kappa shape index (κ2) is 6.24. The molecule has 1 fully saturated rings. The summed E-state index contributed by atoms with van der Waals surface area (Å²) in [6, 6.07) is 3.46. The standard InChI is InChI=1S/C15H18ClNO2S2/c16-14-5-2-1-4-13(14)12-7-9-17(10-8-12)21(18,19)15-6-3-11-20-15/h1,3-6,11-13H,2,7-10H2. The van der Waals surface area contributed by atoms with Gasteiger partial charge in [-0.3, -0.25) is 0 Å². The quantitative estimate of drug-likeness (QED) is 0.782. The number of thiophene rings is 1. The lowest BCUT2D eigenvalue weighted by molar-refractivity contribution is 0.248. The molecule has 1 aliphatic carbocycles. The van der Waals surface area contributed by atoms with Gasteiger partial charge in [-0.25, -0.2) is 8.42 Å². The van der Waals surface area contributed by atoms with Crippen molar-refractivity contribution in [1.29, 1.82) is 0 Å². The lowest BCUT2D eigenvalue weighted by atomic mass is 9.82. The zero-order valence-electron chi connectivity index (χ0n) is 11.6. The summed E-state index contributed by atoms with van der Waals surface area (Å²) in [6.45, 7) is 1.17. The van der Waals surface area contributed by atoms with Crippen LogP contribution >= 0.6 is 22.9 Å². The molecule has 1 aromatic heterocycles. The number of nitrogens with zero attached hydrogens (tertiary/aromatic N) is 1. The summed E-state index contributed by atoms with van der Waals surface area (Å²) in [6.07, 6.45) is 9.01. The topological polar surface area (TPSA) is 37.4 Å².